The number of phosphoric acid groups is 1. The van der Waals surface area contributed by atoms with Crippen LogP contribution in [-0.2, 0) is 27.7 Å². The van der Waals surface area contributed by atoms with Gasteiger partial charge in [-0.1, -0.05) is 168 Å². The van der Waals surface area contributed by atoms with Crippen molar-refractivity contribution >= 4 is 19.8 Å². The minimum absolute atomic E-state index is 0.0683. The van der Waals surface area contributed by atoms with E-state index >= 15 is 0 Å². The van der Waals surface area contributed by atoms with Crippen molar-refractivity contribution in [3.63, 3.8) is 0 Å². The van der Waals surface area contributed by atoms with Crippen molar-refractivity contribution in [2.75, 3.05) is 34.3 Å². The first-order valence-electron chi connectivity index (χ1n) is 19.1. The fraction of sp³-hybridized carbons (Fsp3) is 0.946. The van der Waals surface area contributed by atoms with Crippen molar-refractivity contribution in [1.82, 2.24) is 0 Å². The molecular weight excluding hydrogens is 585 g/mol. The van der Waals surface area contributed by atoms with Crippen molar-refractivity contribution in [2.24, 2.45) is 0 Å². The Hall–Kier alpha value is -0.910. The number of nitrogens with zero attached hydrogens (tertiary/aromatic N) is 1. The van der Waals surface area contributed by atoms with Crippen molar-refractivity contribution in [1.29, 1.82) is 0 Å². The van der Waals surface area contributed by atoms with Gasteiger partial charge >= 0.3 is 19.8 Å². The summed E-state index contributed by atoms with van der Waals surface area (Å²) in [5.74, 6) is -1.25. The molecule has 0 atom stereocenters. The third-order valence-electron chi connectivity index (χ3n) is 8.41. The van der Waals surface area contributed by atoms with Crippen LogP contribution in [0.5, 0.6) is 0 Å². The van der Waals surface area contributed by atoms with Gasteiger partial charge in [-0.3, -0.25) is 14.1 Å². The molecule has 0 heterocycles. The molecule has 0 aromatic rings. The monoisotopic (exact) mass is 661 g/mol. The first kappa shape index (κ1) is 44.1. The molecule has 0 radical (unpaired) electrons. The van der Waals surface area contributed by atoms with Gasteiger partial charge in [0.25, 0.3) is 0 Å². The number of quaternary nitrogens is 1. The lowest BCUT2D eigenvalue weighted by molar-refractivity contribution is -0.870. The molecule has 268 valence electrons. The van der Waals surface area contributed by atoms with E-state index in [1.54, 1.807) is 0 Å². The van der Waals surface area contributed by atoms with Crippen LogP contribution < -0.4 is 0 Å². The molecule has 0 amide bonds. The highest BCUT2D eigenvalue weighted by Gasteiger charge is 2.35. The van der Waals surface area contributed by atoms with Crippen LogP contribution in [0.2, 0.25) is 0 Å². The Morgan fingerprint density at radius 2 is 0.733 bits per heavy atom. The van der Waals surface area contributed by atoms with Gasteiger partial charge in [0.2, 0.25) is 0 Å². The second-order valence-electron chi connectivity index (χ2n) is 14.2. The lowest BCUT2D eigenvalue weighted by atomic mass is 10.0. The van der Waals surface area contributed by atoms with Gasteiger partial charge in [-0.15, -0.1) is 0 Å². The number of rotatable bonds is 34. The maximum Gasteiger partial charge on any atom is 0.592 e. The predicted molar refractivity (Wildman–Crippen MR) is 189 cm³/mol. The molecule has 0 aliphatic carbocycles. The molecule has 0 saturated heterocycles. The zero-order valence-electron chi connectivity index (χ0n) is 30.6. The number of likely N-dealkylation sites (N-methyl/N-ethyl adjacent to an activating group) is 1. The zero-order valence-corrected chi connectivity index (χ0v) is 31.5. The molecule has 0 spiro atoms. The van der Waals surface area contributed by atoms with Crippen LogP contribution in [0, 0.1) is 0 Å². The third kappa shape index (κ3) is 32.8. The molecule has 0 unspecified atom stereocenters. The van der Waals surface area contributed by atoms with Gasteiger partial charge in [0.1, 0.15) is 13.2 Å². The van der Waals surface area contributed by atoms with E-state index in [0.29, 0.717) is 23.9 Å². The fourth-order valence-electron chi connectivity index (χ4n) is 5.41. The molecule has 0 aromatic carbocycles. The minimum Gasteiger partial charge on any atom is -0.361 e. The highest BCUT2D eigenvalue weighted by Crippen LogP contribution is 2.50. The Kier molecular flexibility index (Phi) is 29.8. The molecule has 0 saturated carbocycles. The molecule has 8 heteroatoms. The number of phosphoric ester groups is 1. The van der Waals surface area contributed by atoms with E-state index in [9.17, 15) is 14.2 Å². The first-order valence-corrected chi connectivity index (χ1v) is 20.6. The average molecular weight is 661 g/mol. The Morgan fingerprint density at radius 1 is 0.467 bits per heavy atom. The van der Waals surface area contributed by atoms with Crippen molar-refractivity contribution in [3.05, 3.63) is 0 Å². The van der Waals surface area contributed by atoms with Crippen LogP contribution in [0.4, 0.5) is 0 Å². The summed E-state index contributed by atoms with van der Waals surface area (Å²) in [4.78, 5) is 25.0. The second-order valence-corrected chi connectivity index (χ2v) is 15.7. The Labute approximate surface area is 279 Å². The number of carbonyl (C=O) groups is 2. The SMILES string of the molecule is CCCCCCCCCCCCCCCC(=O)OP(=O)(OCC[N+](C)(C)C)OC(=O)CCCCCCCCCCCCCCC. The Balaban J connectivity index is 4.18. The fourth-order valence-corrected chi connectivity index (χ4v) is 6.54. The van der Waals surface area contributed by atoms with Crippen molar-refractivity contribution < 1.29 is 32.2 Å². The van der Waals surface area contributed by atoms with E-state index in [0.717, 1.165) is 25.7 Å². The summed E-state index contributed by atoms with van der Waals surface area (Å²) in [6, 6.07) is 0. The van der Waals surface area contributed by atoms with Crippen LogP contribution in [0.25, 0.3) is 0 Å². The van der Waals surface area contributed by atoms with Gasteiger partial charge in [-0.25, -0.2) is 4.57 Å². The van der Waals surface area contributed by atoms with Gasteiger partial charge in [0, 0.05) is 12.8 Å². The largest absolute Gasteiger partial charge is 0.592 e. The van der Waals surface area contributed by atoms with E-state index < -0.39 is 19.8 Å². The van der Waals surface area contributed by atoms with Gasteiger partial charge in [-0.05, 0) is 12.8 Å². The van der Waals surface area contributed by atoms with Gasteiger partial charge < -0.3 is 13.5 Å². The van der Waals surface area contributed by atoms with Crippen LogP contribution in [0.1, 0.15) is 194 Å². The summed E-state index contributed by atoms with van der Waals surface area (Å²) in [6.07, 6.45) is 31.9. The standard InChI is InChI=1S/C37H75NO6P/c1-6-8-10-12-14-16-18-20-22-24-26-28-30-32-36(39)43-45(41,42-35-34-38(3,4)5)44-37(40)33-31-29-27-25-23-21-19-17-15-13-11-9-7-2/h6-35H2,1-5H3/q+1. The molecule has 0 aliphatic rings. The van der Waals surface area contributed by atoms with E-state index in [2.05, 4.69) is 13.8 Å². The summed E-state index contributed by atoms with van der Waals surface area (Å²) >= 11 is 0. The van der Waals surface area contributed by atoms with E-state index in [4.69, 9.17) is 13.6 Å². The molecule has 0 fully saturated rings. The Bertz CT molecular complexity index is 691. The van der Waals surface area contributed by atoms with E-state index in [1.807, 2.05) is 21.1 Å². The van der Waals surface area contributed by atoms with Gasteiger partial charge in [-0.2, -0.15) is 0 Å². The lowest BCUT2D eigenvalue weighted by Gasteiger charge is -2.24. The molecule has 45 heavy (non-hydrogen) atoms. The topological polar surface area (TPSA) is 78.9 Å². The molecule has 0 N–H and O–H groups in total. The predicted octanol–water partition coefficient (Wildman–Crippen LogP) is 11.9. The van der Waals surface area contributed by atoms with E-state index in [1.165, 1.54) is 128 Å². The molecular formula is C37H75NO6P+. The molecule has 7 nitrogen and oxygen atoms in total. The summed E-state index contributed by atoms with van der Waals surface area (Å²) < 4.78 is 29.7. The van der Waals surface area contributed by atoms with Crippen LogP contribution >= 0.6 is 7.82 Å². The summed E-state index contributed by atoms with van der Waals surface area (Å²) in [5.41, 5.74) is 0. The highest BCUT2D eigenvalue weighted by molar-refractivity contribution is 7.49. The smallest absolute Gasteiger partial charge is 0.361 e. The van der Waals surface area contributed by atoms with Crippen LogP contribution in [-0.4, -0.2) is 50.7 Å². The highest BCUT2D eigenvalue weighted by atomic mass is 31.2. The number of hydrogen-bond donors (Lipinski definition) is 0. The third-order valence-corrected chi connectivity index (χ3v) is 9.76. The number of hydrogen-bond acceptors (Lipinski definition) is 6. The van der Waals surface area contributed by atoms with Gasteiger partial charge in [0.05, 0.1) is 21.1 Å². The maximum atomic E-state index is 13.3. The summed E-state index contributed by atoms with van der Waals surface area (Å²) in [7, 11) is 1.65. The average Bonchev–Trinajstić information content (AvgIpc) is 2.97. The van der Waals surface area contributed by atoms with Gasteiger partial charge in [0.15, 0.2) is 0 Å². The Morgan fingerprint density at radius 3 is 1.00 bits per heavy atom. The summed E-state index contributed by atoms with van der Waals surface area (Å²) in [6.45, 7) is 5.11. The summed E-state index contributed by atoms with van der Waals surface area (Å²) in [5, 5.41) is 0. The molecule has 0 rings (SSSR count). The molecule has 0 aromatic heterocycles. The van der Waals surface area contributed by atoms with E-state index in [-0.39, 0.29) is 19.4 Å². The molecule has 0 bridgehead atoms. The number of carbonyl (C=O) groups excluding carboxylic acids is 2. The lowest BCUT2D eigenvalue weighted by Crippen LogP contribution is -2.37. The van der Waals surface area contributed by atoms with Crippen LogP contribution in [0.15, 0.2) is 0 Å². The normalized spacial score (nSPS) is 12.0. The zero-order chi connectivity index (χ0) is 33.5. The second kappa shape index (κ2) is 30.4. The van der Waals surface area contributed by atoms with Crippen molar-refractivity contribution in [3.8, 4) is 0 Å². The minimum atomic E-state index is -4.30. The van der Waals surface area contributed by atoms with Crippen molar-refractivity contribution in [2.45, 2.75) is 194 Å². The quantitative estimate of drug-likeness (QED) is 0.0388. The van der Waals surface area contributed by atoms with Crippen LogP contribution in [0.3, 0.4) is 0 Å². The first-order chi connectivity index (χ1) is 21.6. The number of unbranched alkanes of at least 4 members (excludes halogenated alkanes) is 24. The molecule has 0 aliphatic heterocycles. The maximum absolute atomic E-state index is 13.3.